The summed E-state index contributed by atoms with van der Waals surface area (Å²) in [7, 11) is 1.57. The Morgan fingerprint density at radius 2 is 1.81 bits per heavy atom. The molecule has 0 aliphatic carbocycles. The third-order valence-corrected chi connectivity index (χ3v) is 4.21. The lowest BCUT2D eigenvalue weighted by Crippen LogP contribution is -2.45. The fourth-order valence-electron chi connectivity index (χ4n) is 2.64. The Balaban J connectivity index is 1.94. The first-order valence-electron chi connectivity index (χ1n) is 9.91. The summed E-state index contributed by atoms with van der Waals surface area (Å²) >= 11 is 0. The number of carbonyl (C=O) groups is 2. The second-order valence-corrected chi connectivity index (χ2v) is 6.56. The summed E-state index contributed by atoms with van der Waals surface area (Å²) in [5, 5.41) is 13.1. The molecule has 2 atom stereocenters. The van der Waals surface area contributed by atoms with Crippen LogP contribution in [0.4, 0.5) is 0 Å². The third kappa shape index (κ3) is 8.22. The standard InChI is InChI=1S/C24H27NO6/c1-3-30-24(28)22(31-17-19-8-5-4-6-9-19)21(26)16-25-23(27)20-13-11-18(12-14-20)10-7-15-29-2/h4-6,8-9,11-14,21-22,26H,3,15-17H2,1-2H3,(H,25,27)/t21-,22-/m0/s1. The Morgan fingerprint density at radius 1 is 1.10 bits per heavy atom. The van der Waals surface area contributed by atoms with Gasteiger partial charge in [0.15, 0.2) is 6.10 Å². The number of methoxy groups -OCH3 is 1. The van der Waals surface area contributed by atoms with Gasteiger partial charge in [-0.3, -0.25) is 4.79 Å². The van der Waals surface area contributed by atoms with Gasteiger partial charge in [0, 0.05) is 24.8 Å². The Labute approximate surface area is 182 Å². The predicted molar refractivity (Wildman–Crippen MR) is 115 cm³/mol. The van der Waals surface area contributed by atoms with Crippen molar-refractivity contribution in [3.8, 4) is 11.8 Å². The van der Waals surface area contributed by atoms with Crippen LogP contribution in [0.5, 0.6) is 0 Å². The summed E-state index contributed by atoms with van der Waals surface area (Å²) in [5.41, 5.74) is 2.01. The molecule has 0 aromatic heterocycles. The molecule has 0 radical (unpaired) electrons. The van der Waals surface area contributed by atoms with E-state index in [4.69, 9.17) is 14.2 Å². The summed E-state index contributed by atoms with van der Waals surface area (Å²) in [6.07, 6.45) is -2.50. The lowest BCUT2D eigenvalue weighted by Gasteiger charge is -2.22. The van der Waals surface area contributed by atoms with Crippen LogP contribution in [0.3, 0.4) is 0 Å². The lowest BCUT2D eigenvalue weighted by molar-refractivity contribution is -0.165. The highest BCUT2D eigenvalue weighted by atomic mass is 16.6. The van der Waals surface area contributed by atoms with E-state index >= 15 is 0 Å². The Hall–Kier alpha value is -3.18. The summed E-state index contributed by atoms with van der Waals surface area (Å²) < 4.78 is 15.5. The molecule has 2 rings (SSSR count). The molecule has 2 aromatic carbocycles. The van der Waals surface area contributed by atoms with E-state index in [9.17, 15) is 14.7 Å². The van der Waals surface area contributed by atoms with Crippen molar-refractivity contribution < 1.29 is 28.9 Å². The van der Waals surface area contributed by atoms with Crippen molar-refractivity contribution in [2.24, 2.45) is 0 Å². The van der Waals surface area contributed by atoms with Gasteiger partial charge in [-0.15, -0.1) is 0 Å². The molecule has 2 aromatic rings. The second-order valence-electron chi connectivity index (χ2n) is 6.56. The van der Waals surface area contributed by atoms with Gasteiger partial charge in [-0.05, 0) is 36.8 Å². The second kappa shape index (κ2) is 13.2. The Bertz CT molecular complexity index is 886. The fourth-order valence-corrected chi connectivity index (χ4v) is 2.64. The number of nitrogens with one attached hydrogen (secondary N) is 1. The quantitative estimate of drug-likeness (QED) is 0.446. The fraction of sp³-hybridized carbons (Fsp3) is 0.333. The van der Waals surface area contributed by atoms with Crippen LogP contribution in [0.1, 0.15) is 28.4 Å². The maximum atomic E-state index is 12.4. The molecule has 7 nitrogen and oxygen atoms in total. The molecule has 1 amide bonds. The van der Waals surface area contributed by atoms with Gasteiger partial charge >= 0.3 is 5.97 Å². The predicted octanol–water partition coefficient (Wildman–Crippen LogP) is 1.92. The number of hydrogen-bond donors (Lipinski definition) is 2. The molecule has 31 heavy (non-hydrogen) atoms. The van der Waals surface area contributed by atoms with E-state index in [0.717, 1.165) is 11.1 Å². The zero-order valence-corrected chi connectivity index (χ0v) is 17.7. The van der Waals surface area contributed by atoms with Crippen molar-refractivity contribution in [3.63, 3.8) is 0 Å². The van der Waals surface area contributed by atoms with Crippen LogP contribution < -0.4 is 5.32 Å². The van der Waals surface area contributed by atoms with Gasteiger partial charge in [-0.1, -0.05) is 42.2 Å². The molecule has 0 heterocycles. The number of amides is 1. The third-order valence-electron chi connectivity index (χ3n) is 4.21. The van der Waals surface area contributed by atoms with Crippen LogP contribution in [-0.4, -0.2) is 56.1 Å². The zero-order valence-electron chi connectivity index (χ0n) is 17.7. The van der Waals surface area contributed by atoms with Crippen LogP contribution in [0, 0.1) is 11.8 Å². The molecule has 0 saturated heterocycles. The van der Waals surface area contributed by atoms with Gasteiger partial charge in [0.05, 0.1) is 13.2 Å². The number of aliphatic hydroxyl groups excluding tert-OH is 1. The van der Waals surface area contributed by atoms with Crippen LogP contribution in [-0.2, 0) is 25.6 Å². The number of aliphatic hydroxyl groups is 1. The van der Waals surface area contributed by atoms with Crippen molar-refractivity contribution in [1.29, 1.82) is 0 Å². The Kier molecular flexibility index (Phi) is 10.3. The molecule has 0 fully saturated rings. The highest BCUT2D eigenvalue weighted by molar-refractivity contribution is 5.94. The average molecular weight is 425 g/mol. The number of ether oxygens (including phenoxy) is 3. The SMILES string of the molecule is CCOC(=O)[C@@H](OCc1ccccc1)[C@@H](O)CNC(=O)c1ccc(C#CCOC)cc1. The lowest BCUT2D eigenvalue weighted by atomic mass is 10.1. The first-order chi connectivity index (χ1) is 15.0. The van der Waals surface area contributed by atoms with Crippen molar-refractivity contribution in [2.45, 2.75) is 25.7 Å². The molecular formula is C24H27NO6. The topological polar surface area (TPSA) is 94.1 Å². The van der Waals surface area contributed by atoms with Crippen molar-refractivity contribution in [1.82, 2.24) is 5.32 Å². The molecule has 0 saturated carbocycles. The average Bonchev–Trinajstić information content (AvgIpc) is 2.79. The van der Waals surface area contributed by atoms with Gasteiger partial charge in [0.2, 0.25) is 0 Å². The van der Waals surface area contributed by atoms with Gasteiger partial charge in [-0.2, -0.15) is 0 Å². The van der Waals surface area contributed by atoms with E-state index in [1.807, 2.05) is 30.3 Å². The van der Waals surface area contributed by atoms with E-state index in [0.29, 0.717) is 12.2 Å². The summed E-state index contributed by atoms with van der Waals surface area (Å²) in [4.78, 5) is 24.6. The van der Waals surface area contributed by atoms with Crippen LogP contribution in [0.15, 0.2) is 54.6 Å². The molecule has 0 aliphatic rings. The molecular weight excluding hydrogens is 398 g/mol. The summed E-state index contributed by atoms with van der Waals surface area (Å²) in [6, 6.07) is 16.0. The molecule has 2 N–H and O–H groups in total. The molecule has 0 spiro atoms. The van der Waals surface area contributed by atoms with E-state index in [1.165, 1.54) is 0 Å². The Morgan fingerprint density at radius 3 is 2.45 bits per heavy atom. The number of rotatable bonds is 10. The number of hydrogen-bond acceptors (Lipinski definition) is 6. The zero-order chi connectivity index (χ0) is 22.5. The van der Waals surface area contributed by atoms with Gasteiger partial charge in [0.1, 0.15) is 12.7 Å². The highest BCUT2D eigenvalue weighted by Crippen LogP contribution is 2.09. The number of benzene rings is 2. The molecule has 7 heteroatoms. The van der Waals surface area contributed by atoms with Crippen LogP contribution in [0.25, 0.3) is 0 Å². The maximum absolute atomic E-state index is 12.4. The van der Waals surface area contributed by atoms with E-state index in [1.54, 1.807) is 38.3 Å². The largest absolute Gasteiger partial charge is 0.464 e. The number of carbonyl (C=O) groups excluding carboxylic acids is 2. The van der Waals surface area contributed by atoms with Gasteiger partial charge in [-0.25, -0.2) is 4.79 Å². The minimum atomic E-state index is -1.27. The minimum Gasteiger partial charge on any atom is -0.464 e. The monoisotopic (exact) mass is 425 g/mol. The van der Waals surface area contributed by atoms with E-state index in [2.05, 4.69) is 17.2 Å². The van der Waals surface area contributed by atoms with Crippen molar-refractivity contribution >= 4 is 11.9 Å². The highest BCUT2D eigenvalue weighted by Gasteiger charge is 2.29. The first-order valence-corrected chi connectivity index (χ1v) is 9.91. The van der Waals surface area contributed by atoms with E-state index < -0.39 is 18.2 Å². The first kappa shape index (κ1) is 24.1. The maximum Gasteiger partial charge on any atom is 0.338 e. The van der Waals surface area contributed by atoms with Crippen LogP contribution >= 0.6 is 0 Å². The van der Waals surface area contributed by atoms with Gasteiger partial charge < -0.3 is 24.6 Å². The molecule has 164 valence electrons. The van der Waals surface area contributed by atoms with Gasteiger partial charge in [0.25, 0.3) is 5.91 Å². The van der Waals surface area contributed by atoms with Crippen molar-refractivity contribution in [3.05, 3.63) is 71.3 Å². The molecule has 0 bridgehead atoms. The minimum absolute atomic E-state index is 0.126. The normalized spacial score (nSPS) is 12.2. The van der Waals surface area contributed by atoms with E-state index in [-0.39, 0.29) is 25.7 Å². The summed E-state index contributed by atoms with van der Waals surface area (Å²) in [6.45, 7) is 2.11. The molecule has 0 aliphatic heterocycles. The van der Waals surface area contributed by atoms with Crippen LogP contribution in [0.2, 0.25) is 0 Å². The smallest absolute Gasteiger partial charge is 0.338 e. The van der Waals surface area contributed by atoms with Crippen molar-refractivity contribution in [2.75, 3.05) is 26.9 Å². The number of esters is 1. The molecule has 0 unspecified atom stereocenters. The summed E-state index contributed by atoms with van der Waals surface area (Å²) in [5.74, 6) is 4.68.